The van der Waals surface area contributed by atoms with Crippen molar-refractivity contribution in [3.63, 3.8) is 0 Å². The second-order valence-electron chi connectivity index (χ2n) is 6.76. The van der Waals surface area contributed by atoms with Gasteiger partial charge in [0, 0.05) is 19.2 Å². The topological polar surface area (TPSA) is 59.5 Å². The summed E-state index contributed by atoms with van der Waals surface area (Å²) in [6.07, 6.45) is 2.92. The van der Waals surface area contributed by atoms with Crippen molar-refractivity contribution in [1.29, 1.82) is 0 Å². The lowest BCUT2D eigenvalue weighted by molar-refractivity contribution is -0.147. The number of pyridine rings is 1. The lowest BCUT2D eigenvalue weighted by Crippen LogP contribution is -2.26. The number of nitrogens with zero attached hydrogens (tertiary/aromatic N) is 2. The summed E-state index contributed by atoms with van der Waals surface area (Å²) in [5, 5.41) is 0. The highest BCUT2D eigenvalue weighted by Gasteiger charge is 2.46. The van der Waals surface area contributed by atoms with Gasteiger partial charge in [0.05, 0.1) is 18.2 Å². The van der Waals surface area contributed by atoms with E-state index in [1.807, 2.05) is 47.4 Å². The molecule has 0 radical (unpaired) electrons. The zero-order valence-electron chi connectivity index (χ0n) is 13.9. The molecule has 2 heterocycles. The maximum Gasteiger partial charge on any atom is 0.309 e. The summed E-state index contributed by atoms with van der Waals surface area (Å²) in [4.78, 5) is 30.7. The van der Waals surface area contributed by atoms with Crippen molar-refractivity contribution in [2.75, 3.05) is 0 Å². The Hall–Kier alpha value is -2.69. The van der Waals surface area contributed by atoms with E-state index >= 15 is 0 Å². The van der Waals surface area contributed by atoms with E-state index < -0.39 is 0 Å². The van der Waals surface area contributed by atoms with Crippen LogP contribution in [0.15, 0.2) is 48.7 Å². The number of amides is 1. The number of carbonyl (C=O) groups is 2. The van der Waals surface area contributed by atoms with Gasteiger partial charge in [-0.1, -0.05) is 36.4 Å². The second kappa shape index (κ2) is 6.67. The number of fused-ring (bicyclic) bond motifs is 1. The van der Waals surface area contributed by atoms with Crippen LogP contribution in [0.4, 0.5) is 0 Å². The molecule has 25 heavy (non-hydrogen) atoms. The molecule has 5 nitrogen and oxygen atoms in total. The molecule has 1 aliphatic carbocycles. The Kier molecular flexibility index (Phi) is 4.22. The van der Waals surface area contributed by atoms with Gasteiger partial charge in [-0.3, -0.25) is 14.6 Å². The Morgan fingerprint density at radius 2 is 1.96 bits per heavy atom. The minimum atomic E-state index is -0.187. The first-order valence-electron chi connectivity index (χ1n) is 8.62. The molecule has 0 spiro atoms. The normalized spacial score (nSPS) is 20.9. The average Bonchev–Trinajstić information content (AvgIpc) is 3.26. The highest BCUT2D eigenvalue weighted by molar-refractivity contribution is 5.81. The van der Waals surface area contributed by atoms with Crippen LogP contribution in [-0.4, -0.2) is 21.8 Å². The predicted octanol–water partition coefficient (Wildman–Crippen LogP) is 2.69. The molecule has 1 aromatic heterocycles. The van der Waals surface area contributed by atoms with Gasteiger partial charge >= 0.3 is 5.97 Å². The summed E-state index contributed by atoms with van der Waals surface area (Å²) in [6, 6.07) is 13.5. The van der Waals surface area contributed by atoms with Crippen LogP contribution in [0.5, 0.6) is 0 Å². The molecule has 1 aliphatic heterocycles. The molecule has 0 saturated heterocycles. The van der Waals surface area contributed by atoms with Crippen LogP contribution < -0.4 is 0 Å². The van der Waals surface area contributed by atoms with Crippen LogP contribution in [0, 0.1) is 11.8 Å². The predicted molar refractivity (Wildman–Crippen MR) is 90.9 cm³/mol. The number of hydrogen-bond donors (Lipinski definition) is 0. The molecule has 1 amide bonds. The third-order valence-corrected chi connectivity index (χ3v) is 4.93. The van der Waals surface area contributed by atoms with Crippen molar-refractivity contribution in [1.82, 2.24) is 9.88 Å². The summed E-state index contributed by atoms with van der Waals surface area (Å²) in [5.74, 6) is -0.0994. The molecule has 2 aliphatic rings. The Morgan fingerprint density at radius 3 is 2.76 bits per heavy atom. The van der Waals surface area contributed by atoms with E-state index in [4.69, 9.17) is 4.74 Å². The SMILES string of the molecule is O=C(OCc1ccccc1)C1C[C@H]1CC(=O)N1Cc2cccnc2C1. The summed E-state index contributed by atoms with van der Waals surface area (Å²) >= 11 is 0. The van der Waals surface area contributed by atoms with Gasteiger partial charge in [-0.25, -0.2) is 0 Å². The van der Waals surface area contributed by atoms with Crippen LogP contribution in [0.2, 0.25) is 0 Å². The third-order valence-electron chi connectivity index (χ3n) is 4.93. The van der Waals surface area contributed by atoms with E-state index in [2.05, 4.69) is 4.98 Å². The second-order valence-corrected chi connectivity index (χ2v) is 6.76. The maximum absolute atomic E-state index is 12.5. The highest BCUT2D eigenvalue weighted by Crippen LogP contribution is 2.43. The molecular weight excluding hydrogens is 316 g/mol. The van der Waals surface area contributed by atoms with Gasteiger partial charge in [-0.2, -0.15) is 0 Å². The molecule has 2 atom stereocenters. The number of ether oxygens (including phenoxy) is 1. The smallest absolute Gasteiger partial charge is 0.309 e. The van der Waals surface area contributed by atoms with Crippen molar-refractivity contribution in [3.8, 4) is 0 Å². The first kappa shape index (κ1) is 15.8. The zero-order valence-corrected chi connectivity index (χ0v) is 13.9. The van der Waals surface area contributed by atoms with Crippen LogP contribution in [0.1, 0.15) is 29.7 Å². The van der Waals surface area contributed by atoms with Crippen molar-refractivity contribution in [2.24, 2.45) is 11.8 Å². The van der Waals surface area contributed by atoms with Crippen molar-refractivity contribution in [2.45, 2.75) is 32.5 Å². The van der Waals surface area contributed by atoms with Gasteiger partial charge in [-0.05, 0) is 29.5 Å². The molecule has 4 rings (SSSR count). The van der Waals surface area contributed by atoms with Gasteiger partial charge in [0.25, 0.3) is 0 Å². The highest BCUT2D eigenvalue weighted by atomic mass is 16.5. The van der Waals surface area contributed by atoms with Gasteiger partial charge < -0.3 is 9.64 Å². The van der Waals surface area contributed by atoms with Crippen LogP contribution in [0.3, 0.4) is 0 Å². The summed E-state index contributed by atoms with van der Waals surface area (Å²) in [5.41, 5.74) is 3.07. The Labute approximate surface area is 146 Å². The van der Waals surface area contributed by atoms with E-state index in [0.717, 1.165) is 23.2 Å². The molecule has 0 bridgehead atoms. The quantitative estimate of drug-likeness (QED) is 0.788. The molecule has 1 unspecified atom stereocenters. The van der Waals surface area contributed by atoms with E-state index in [1.54, 1.807) is 6.20 Å². The number of rotatable bonds is 5. The number of aromatic nitrogens is 1. The van der Waals surface area contributed by atoms with E-state index in [9.17, 15) is 9.59 Å². The fourth-order valence-electron chi connectivity index (χ4n) is 3.33. The van der Waals surface area contributed by atoms with Crippen molar-refractivity contribution in [3.05, 3.63) is 65.5 Å². The van der Waals surface area contributed by atoms with Crippen molar-refractivity contribution >= 4 is 11.9 Å². The Morgan fingerprint density at radius 1 is 1.12 bits per heavy atom. The van der Waals surface area contributed by atoms with E-state index in [1.165, 1.54) is 0 Å². The average molecular weight is 336 g/mol. The third kappa shape index (κ3) is 3.55. The monoisotopic (exact) mass is 336 g/mol. The maximum atomic E-state index is 12.5. The number of carbonyl (C=O) groups excluding carboxylic acids is 2. The minimum absolute atomic E-state index is 0.0985. The summed E-state index contributed by atoms with van der Waals surface area (Å²) in [6.45, 7) is 1.49. The standard InChI is InChI=1S/C20H20N2O3/c23-19(22-11-15-7-4-8-21-18(15)12-22)10-16-9-17(16)20(24)25-13-14-5-2-1-3-6-14/h1-8,16-17H,9-13H2/t16-,17?/m0/s1. The molecule has 1 aromatic carbocycles. The van der Waals surface area contributed by atoms with Gasteiger partial charge in [-0.15, -0.1) is 0 Å². The first-order valence-corrected chi connectivity index (χ1v) is 8.62. The number of hydrogen-bond acceptors (Lipinski definition) is 4. The van der Waals surface area contributed by atoms with Gasteiger partial charge in [0.2, 0.25) is 5.91 Å². The molecule has 128 valence electrons. The largest absolute Gasteiger partial charge is 0.461 e. The number of benzene rings is 1. The fourth-order valence-corrected chi connectivity index (χ4v) is 3.33. The molecule has 1 saturated carbocycles. The summed E-state index contributed by atoms with van der Waals surface area (Å²) < 4.78 is 5.37. The molecule has 0 N–H and O–H groups in total. The molecular formula is C20H20N2O3. The molecule has 2 aromatic rings. The fraction of sp³-hybridized carbons (Fsp3) is 0.350. The zero-order chi connectivity index (χ0) is 17.2. The lowest BCUT2D eigenvalue weighted by atomic mass is 10.2. The van der Waals surface area contributed by atoms with E-state index in [-0.39, 0.29) is 23.7 Å². The van der Waals surface area contributed by atoms with Crippen LogP contribution >= 0.6 is 0 Å². The van der Waals surface area contributed by atoms with Gasteiger partial charge in [0.15, 0.2) is 0 Å². The Balaban J connectivity index is 1.24. The van der Waals surface area contributed by atoms with Crippen molar-refractivity contribution < 1.29 is 14.3 Å². The Bertz CT molecular complexity index is 766. The summed E-state index contributed by atoms with van der Waals surface area (Å²) in [7, 11) is 0. The van der Waals surface area contributed by atoms with Crippen LogP contribution in [0.25, 0.3) is 0 Å². The first-order chi connectivity index (χ1) is 12.2. The number of esters is 1. The minimum Gasteiger partial charge on any atom is -0.461 e. The molecule has 5 heteroatoms. The van der Waals surface area contributed by atoms with Crippen LogP contribution in [-0.2, 0) is 34.0 Å². The van der Waals surface area contributed by atoms with Gasteiger partial charge in [0.1, 0.15) is 6.61 Å². The van der Waals surface area contributed by atoms with E-state index in [0.29, 0.717) is 26.1 Å². The molecule has 1 fully saturated rings. The lowest BCUT2D eigenvalue weighted by Gasteiger charge is -2.14.